The Morgan fingerprint density at radius 1 is 1.20 bits per heavy atom. The van der Waals surface area contributed by atoms with Crippen molar-refractivity contribution in [3.05, 3.63) is 41.7 Å². The van der Waals surface area contributed by atoms with Gasteiger partial charge in [0.25, 0.3) is 5.91 Å². The molecular formula is C18H24N6O. The predicted octanol–water partition coefficient (Wildman–Crippen LogP) is 1.29. The Labute approximate surface area is 147 Å². The molecule has 2 aliphatic rings. The molecule has 0 atom stereocenters. The zero-order valence-electron chi connectivity index (χ0n) is 14.6. The van der Waals surface area contributed by atoms with Crippen molar-refractivity contribution in [3.8, 4) is 0 Å². The number of para-hydroxylation sites is 1. The molecule has 0 unspecified atom stereocenters. The van der Waals surface area contributed by atoms with E-state index in [2.05, 4.69) is 33.6 Å². The van der Waals surface area contributed by atoms with E-state index in [1.807, 2.05) is 34.0 Å². The van der Waals surface area contributed by atoms with E-state index in [9.17, 15) is 4.79 Å². The van der Waals surface area contributed by atoms with Crippen molar-refractivity contribution in [3.63, 3.8) is 0 Å². The van der Waals surface area contributed by atoms with Crippen LogP contribution in [0, 0.1) is 0 Å². The van der Waals surface area contributed by atoms with E-state index in [1.165, 1.54) is 5.56 Å². The molecule has 0 aliphatic carbocycles. The van der Waals surface area contributed by atoms with Crippen LogP contribution in [-0.2, 0) is 6.54 Å². The highest BCUT2D eigenvalue weighted by Gasteiger charge is 2.26. The van der Waals surface area contributed by atoms with Crippen molar-refractivity contribution in [2.45, 2.75) is 25.4 Å². The number of carbonyl (C=O) groups excluding carboxylic acids is 1. The lowest BCUT2D eigenvalue weighted by Crippen LogP contribution is -2.35. The highest BCUT2D eigenvalue weighted by Crippen LogP contribution is 2.26. The van der Waals surface area contributed by atoms with Gasteiger partial charge in [-0.15, -0.1) is 5.10 Å². The van der Waals surface area contributed by atoms with Crippen LogP contribution in [0.25, 0.3) is 0 Å². The first-order chi connectivity index (χ1) is 12.2. The van der Waals surface area contributed by atoms with Crippen LogP contribution >= 0.6 is 0 Å². The Kier molecular flexibility index (Phi) is 4.50. The molecule has 1 saturated heterocycles. The summed E-state index contributed by atoms with van der Waals surface area (Å²) in [4.78, 5) is 17.2. The molecule has 0 radical (unpaired) electrons. The molecule has 1 amide bonds. The molecule has 0 saturated carbocycles. The number of amides is 1. The minimum Gasteiger partial charge on any atom is -0.317 e. The van der Waals surface area contributed by atoms with Crippen molar-refractivity contribution in [1.82, 2.24) is 25.2 Å². The van der Waals surface area contributed by atoms with Gasteiger partial charge in [0.15, 0.2) is 5.69 Å². The summed E-state index contributed by atoms with van der Waals surface area (Å²) < 4.78 is 1.87. The third kappa shape index (κ3) is 3.29. The lowest BCUT2D eigenvalue weighted by atomic mass is 10.1. The number of anilines is 1. The molecule has 2 aromatic rings. The van der Waals surface area contributed by atoms with Gasteiger partial charge in [0.2, 0.25) is 0 Å². The van der Waals surface area contributed by atoms with Gasteiger partial charge in [0, 0.05) is 25.3 Å². The van der Waals surface area contributed by atoms with E-state index in [4.69, 9.17) is 0 Å². The van der Waals surface area contributed by atoms with Gasteiger partial charge in [-0.05, 0) is 44.6 Å². The Morgan fingerprint density at radius 3 is 2.84 bits per heavy atom. The number of hydrogen-bond acceptors (Lipinski definition) is 5. The minimum atomic E-state index is -0.0667. The van der Waals surface area contributed by atoms with Gasteiger partial charge in [0.05, 0.1) is 12.2 Å². The zero-order valence-corrected chi connectivity index (χ0v) is 14.6. The summed E-state index contributed by atoms with van der Waals surface area (Å²) in [5.74, 6) is -0.0667. The molecule has 0 spiro atoms. The summed E-state index contributed by atoms with van der Waals surface area (Å²) >= 11 is 0. The number of rotatable bonds is 2. The Morgan fingerprint density at radius 2 is 2.00 bits per heavy atom. The predicted molar refractivity (Wildman–Crippen MR) is 95.6 cm³/mol. The Balaban J connectivity index is 1.59. The maximum Gasteiger partial charge on any atom is 0.280 e. The fraction of sp³-hybridized carbons (Fsp3) is 0.500. The zero-order chi connectivity index (χ0) is 17.2. The standard InChI is InChI=1S/C18H24N6O/c1-22-10-11-23(17-5-3-2-4-14(17)12-22)18(25)16-13-24(21-20-16)15-6-8-19-9-7-15/h2-5,13,15,19H,6-12H2,1H3. The molecule has 1 aromatic carbocycles. The molecule has 25 heavy (non-hydrogen) atoms. The number of piperidine rings is 1. The number of nitrogens with zero attached hydrogens (tertiary/aromatic N) is 5. The molecular weight excluding hydrogens is 316 g/mol. The van der Waals surface area contributed by atoms with E-state index in [1.54, 1.807) is 0 Å². The highest BCUT2D eigenvalue weighted by atomic mass is 16.2. The fourth-order valence-corrected chi connectivity index (χ4v) is 3.64. The van der Waals surface area contributed by atoms with E-state index in [0.29, 0.717) is 18.3 Å². The molecule has 7 nitrogen and oxygen atoms in total. The molecule has 7 heteroatoms. The molecule has 1 N–H and O–H groups in total. The van der Waals surface area contributed by atoms with Crippen LogP contribution in [-0.4, -0.2) is 59.0 Å². The lowest BCUT2D eigenvalue weighted by molar-refractivity contribution is 0.0981. The fourth-order valence-electron chi connectivity index (χ4n) is 3.64. The second kappa shape index (κ2) is 6.93. The average molecular weight is 340 g/mol. The molecule has 3 heterocycles. The monoisotopic (exact) mass is 340 g/mol. The van der Waals surface area contributed by atoms with Crippen molar-refractivity contribution < 1.29 is 4.79 Å². The van der Waals surface area contributed by atoms with Crippen LogP contribution in [0.4, 0.5) is 5.69 Å². The number of fused-ring (bicyclic) bond motifs is 1. The molecule has 4 rings (SSSR count). The molecule has 2 aliphatic heterocycles. The van der Waals surface area contributed by atoms with Gasteiger partial charge in [-0.2, -0.15) is 0 Å². The maximum absolute atomic E-state index is 13.1. The number of aromatic nitrogens is 3. The maximum atomic E-state index is 13.1. The van der Waals surface area contributed by atoms with Crippen molar-refractivity contribution in [2.24, 2.45) is 0 Å². The van der Waals surface area contributed by atoms with E-state index in [0.717, 1.165) is 44.7 Å². The van der Waals surface area contributed by atoms with Gasteiger partial charge in [-0.25, -0.2) is 4.68 Å². The second-order valence-corrected chi connectivity index (χ2v) is 6.89. The smallest absolute Gasteiger partial charge is 0.280 e. The summed E-state index contributed by atoms with van der Waals surface area (Å²) in [7, 11) is 2.08. The van der Waals surface area contributed by atoms with Crippen LogP contribution in [0.3, 0.4) is 0 Å². The number of carbonyl (C=O) groups is 1. The van der Waals surface area contributed by atoms with Crippen LogP contribution in [0.2, 0.25) is 0 Å². The topological polar surface area (TPSA) is 66.3 Å². The number of hydrogen-bond donors (Lipinski definition) is 1. The normalized spacial score (nSPS) is 19.5. The highest BCUT2D eigenvalue weighted by molar-refractivity contribution is 6.05. The van der Waals surface area contributed by atoms with Gasteiger partial charge in [-0.3, -0.25) is 4.79 Å². The number of nitrogens with one attached hydrogen (secondary N) is 1. The Hall–Kier alpha value is -2.25. The summed E-state index contributed by atoms with van der Waals surface area (Å²) in [6.07, 6.45) is 3.86. The third-order valence-electron chi connectivity index (χ3n) is 5.09. The second-order valence-electron chi connectivity index (χ2n) is 6.89. The first-order valence-electron chi connectivity index (χ1n) is 8.93. The van der Waals surface area contributed by atoms with Crippen LogP contribution in [0.5, 0.6) is 0 Å². The summed E-state index contributed by atoms with van der Waals surface area (Å²) in [6.45, 7) is 4.32. The van der Waals surface area contributed by atoms with Crippen molar-refractivity contribution >= 4 is 11.6 Å². The van der Waals surface area contributed by atoms with E-state index >= 15 is 0 Å². The van der Waals surface area contributed by atoms with Gasteiger partial charge < -0.3 is 15.1 Å². The van der Waals surface area contributed by atoms with Crippen LogP contribution < -0.4 is 10.2 Å². The van der Waals surface area contributed by atoms with Crippen LogP contribution in [0.1, 0.15) is 34.9 Å². The summed E-state index contributed by atoms with van der Waals surface area (Å²) in [6, 6.07) is 8.44. The lowest BCUT2D eigenvalue weighted by Gasteiger charge is -2.22. The Bertz CT molecular complexity index is 752. The largest absolute Gasteiger partial charge is 0.317 e. The third-order valence-corrected chi connectivity index (χ3v) is 5.09. The average Bonchev–Trinajstić information content (AvgIpc) is 3.07. The van der Waals surface area contributed by atoms with Crippen LogP contribution in [0.15, 0.2) is 30.5 Å². The van der Waals surface area contributed by atoms with Crippen molar-refractivity contribution in [2.75, 3.05) is 38.1 Å². The first-order valence-corrected chi connectivity index (χ1v) is 8.93. The van der Waals surface area contributed by atoms with Crippen molar-refractivity contribution in [1.29, 1.82) is 0 Å². The quantitative estimate of drug-likeness (QED) is 0.892. The van der Waals surface area contributed by atoms with E-state index < -0.39 is 0 Å². The first kappa shape index (κ1) is 16.2. The molecule has 1 aromatic heterocycles. The molecule has 1 fully saturated rings. The SMILES string of the molecule is CN1CCN(C(=O)c2cn(C3CCNCC3)nn2)c2ccccc2C1. The van der Waals surface area contributed by atoms with Gasteiger partial charge in [-0.1, -0.05) is 23.4 Å². The van der Waals surface area contributed by atoms with Gasteiger partial charge >= 0.3 is 0 Å². The molecule has 0 bridgehead atoms. The summed E-state index contributed by atoms with van der Waals surface area (Å²) in [5.41, 5.74) is 2.58. The van der Waals surface area contributed by atoms with E-state index in [-0.39, 0.29) is 5.91 Å². The minimum absolute atomic E-state index is 0.0667. The number of benzene rings is 1. The molecule has 132 valence electrons. The number of likely N-dealkylation sites (N-methyl/N-ethyl adjacent to an activating group) is 1. The van der Waals surface area contributed by atoms with Gasteiger partial charge in [0.1, 0.15) is 0 Å². The summed E-state index contributed by atoms with van der Waals surface area (Å²) in [5, 5.41) is 11.8.